The van der Waals surface area contributed by atoms with E-state index in [1.807, 2.05) is 17.9 Å². The highest BCUT2D eigenvalue weighted by Gasteiger charge is 2.25. The highest BCUT2D eigenvalue weighted by atomic mass is 19.1. The number of anilines is 1. The standard InChI is InChI=1S/C12H16FN3O/c1-8-12(17)15-2-3-16(8)11-5-9(7-14)4-10(13)6-11/h4-6,8H,2-3,7,14H2,1H3,(H,15,17). The molecule has 2 rings (SSSR count). The average molecular weight is 237 g/mol. The summed E-state index contributed by atoms with van der Waals surface area (Å²) in [6.07, 6.45) is 0. The van der Waals surface area contributed by atoms with Crippen molar-refractivity contribution in [3.05, 3.63) is 29.6 Å². The zero-order valence-electron chi connectivity index (χ0n) is 9.74. The maximum Gasteiger partial charge on any atom is 0.242 e. The van der Waals surface area contributed by atoms with Crippen molar-refractivity contribution < 1.29 is 9.18 Å². The highest BCUT2D eigenvalue weighted by molar-refractivity contribution is 5.86. The van der Waals surface area contributed by atoms with Gasteiger partial charge >= 0.3 is 0 Å². The number of carbonyl (C=O) groups is 1. The summed E-state index contributed by atoms with van der Waals surface area (Å²) in [6.45, 7) is 3.36. The second-order valence-electron chi connectivity index (χ2n) is 4.18. The van der Waals surface area contributed by atoms with Crippen LogP contribution in [0.3, 0.4) is 0 Å². The molecule has 4 nitrogen and oxygen atoms in total. The molecule has 0 spiro atoms. The predicted octanol–water partition coefficient (Wildman–Crippen LogP) is 0.609. The van der Waals surface area contributed by atoms with E-state index >= 15 is 0 Å². The Labute approximate surface area is 99.6 Å². The van der Waals surface area contributed by atoms with E-state index < -0.39 is 0 Å². The zero-order chi connectivity index (χ0) is 12.4. The van der Waals surface area contributed by atoms with Gasteiger partial charge in [0.2, 0.25) is 5.91 Å². The minimum absolute atomic E-state index is 0.0326. The van der Waals surface area contributed by atoms with E-state index in [9.17, 15) is 9.18 Å². The van der Waals surface area contributed by atoms with E-state index in [1.165, 1.54) is 12.1 Å². The Morgan fingerprint density at radius 2 is 2.29 bits per heavy atom. The van der Waals surface area contributed by atoms with Crippen molar-refractivity contribution in [1.82, 2.24) is 5.32 Å². The molecule has 0 saturated carbocycles. The number of nitrogens with one attached hydrogen (secondary N) is 1. The fraction of sp³-hybridized carbons (Fsp3) is 0.417. The molecule has 0 aromatic heterocycles. The molecule has 3 N–H and O–H groups in total. The number of amides is 1. The Kier molecular flexibility index (Phi) is 3.28. The van der Waals surface area contributed by atoms with Gasteiger partial charge in [-0.15, -0.1) is 0 Å². The van der Waals surface area contributed by atoms with Crippen LogP contribution >= 0.6 is 0 Å². The fourth-order valence-corrected chi connectivity index (χ4v) is 2.05. The Morgan fingerprint density at radius 3 is 3.00 bits per heavy atom. The average Bonchev–Trinajstić information content (AvgIpc) is 2.31. The van der Waals surface area contributed by atoms with Crippen molar-refractivity contribution in [1.29, 1.82) is 0 Å². The predicted molar refractivity (Wildman–Crippen MR) is 64.1 cm³/mol. The maximum absolute atomic E-state index is 13.4. The van der Waals surface area contributed by atoms with Gasteiger partial charge in [-0.05, 0) is 30.7 Å². The highest BCUT2D eigenvalue weighted by Crippen LogP contribution is 2.21. The maximum atomic E-state index is 13.4. The second kappa shape index (κ2) is 4.71. The van der Waals surface area contributed by atoms with Gasteiger partial charge in [0.05, 0.1) is 0 Å². The monoisotopic (exact) mass is 237 g/mol. The van der Waals surface area contributed by atoms with Gasteiger partial charge in [0.25, 0.3) is 0 Å². The van der Waals surface area contributed by atoms with Gasteiger partial charge in [0.15, 0.2) is 0 Å². The number of rotatable bonds is 2. The number of piperazine rings is 1. The lowest BCUT2D eigenvalue weighted by Crippen LogP contribution is -2.54. The lowest BCUT2D eigenvalue weighted by molar-refractivity contribution is -0.122. The normalized spacial score (nSPS) is 20.3. The van der Waals surface area contributed by atoms with Crippen LogP contribution in [-0.2, 0) is 11.3 Å². The van der Waals surface area contributed by atoms with Crippen LogP contribution < -0.4 is 16.0 Å². The first-order valence-electron chi connectivity index (χ1n) is 5.65. The van der Waals surface area contributed by atoms with Crippen LogP contribution in [0, 0.1) is 5.82 Å². The Hall–Kier alpha value is -1.62. The molecule has 0 radical (unpaired) electrons. The summed E-state index contributed by atoms with van der Waals surface area (Å²) in [7, 11) is 0. The lowest BCUT2D eigenvalue weighted by Gasteiger charge is -2.34. The van der Waals surface area contributed by atoms with E-state index in [0.29, 0.717) is 25.3 Å². The molecular weight excluding hydrogens is 221 g/mol. The van der Waals surface area contributed by atoms with E-state index in [4.69, 9.17) is 5.73 Å². The first-order valence-corrected chi connectivity index (χ1v) is 5.65. The van der Waals surface area contributed by atoms with Gasteiger partial charge in [0.1, 0.15) is 11.9 Å². The molecular formula is C12H16FN3O. The summed E-state index contributed by atoms with van der Waals surface area (Å²) < 4.78 is 13.4. The molecule has 1 aromatic rings. The van der Waals surface area contributed by atoms with E-state index in [1.54, 1.807) is 0 Å². The van der Waals surface area contributed by atoms with Gasteiger partial charge in [-0.1, -0.05) is 0 Å². The van der Waals surface area contributed by atoms with E-state index in [2.05, 4.69) is 5.32 Å². The van der Waals surface area contributed by atoms with Gasteiger partial charge in [0, 0.05) is 25.3 Å². The summed E-state index contributed by atoms with van der Waals surface area (Å²) in [5.74, 6) is -0.351. The number of nitrogens with two attached hydrogens (primary N) is 1. The molecule has 1 saturated heterocycles. The molecule has 1 unspecified atom stereocenters. The minimum atomic E-state index is -0.318. The number of hydrogen-bond donors (Lipinski definition) is 2. The van der Waals surface area contributed by atoms with Crippen LogP contribution in [0.4, 0.5) is 10.1 Å². The Balaban J connectivity index is 2.32. The van der Waals surface area contributed by atoms with Crippen LogP contribution in [0.25, 0.3) is 0 Å². The molecule has 1 aromatic carbocycles. The molecule has 5 heteroatoms. The molecule has 1 atom stereocenters. The number of halogens is 1. The Morgan fingerprint density at radius 1 is 1.53 bits per heavy atom. The number of benzene rings is 1. The SMILES string of the molecule is CC1C(=O)NCCN1c1cc(F)cc(CN)c1. The van der Waals surface area contributed by atoms with Gasteiger partial charge in [-0.25, -0.2) is 4.39 Å². The molecule has 1 aliphatic heterocycles. The van der Waals surface area contributed by atoms with E-state index in [-0.39, 0.29) is 17.8 Å². The zero-order valence-corrected chi connectivity index (χ0v) is 9.74. The summed E-state index contributed by atoms with van der Waals surface area (Å²) in [5.41, 5.74) is 6.96. The second-order valence-corrected chi connectivity index (χ2v) is 4.18. The largest absolute Gasteiger partial charge is 0.358 e. The third kappa shape index (κ3) is 2.39. The summed E-state index contributed by atoms with van der Waals surface area (Å²) in [5, 5.41) is 2.78. The van der Waals surface area contributed by atoms with Crippen molar-refractivity contribution in [3.63, 3.8) is 0 Å². The molecule has 17 heavy (non-hydrogen) atoms. The number of nitrogens with zero attached hydrogens (tertiary/aromatic N) is 1. The lowest BCUT2D eigenvalue weighted by atomic mass is 10.1. The van der Waals surface area contributed by atoms with Crippen molar-refractivity contribution >= 4 is 11.6 Å². The molecule has 1 fully saturated rings. The van der Waals surface area contributed by atoms with Crippen LogP contribution in [0.1, 0.15) is 12.5 Å². The van der Waals surface area contributed by atoms with Crippen LogP contribution in [0.2, 0.25) is 0 Å². The summed E-state index contributed by atoms with van der Waals surface area (Å²) in [4.78, 5) is 13.4. The van der Waals surface area contributed by atoms with Crippen molar-refractivity contribution in [2.45, 2.75) is 19.5 Å². The number of hydrogen-bond acceptors (Lipinski definition) is 3. The van der Waals surface area contributed by atoms with Crippen LogP contribution in [0.15, 0.2) is 18.2 Å². The first-order chi connectivity index (χ1) is 8.11. The number of carbonyl (C=O) groups excluding carboxylic acids is 1. The van der Waals surface area contributed by atoms with Gasteiger partial charge in [-0.3, -0.25) is 4.79 Å². The quantitative estimate of drug-likeness (QED) is 0.792. The summed E-state index contributed by atoms with van der Waals surface area (Å²) >= 11 is 0. The van der Waals surface area contributed by atoms with Gasteiger partial charge in [-0.2, -0.15) is 0 Å². The molecule has 1 aliphatic rings. The van der Waals surface area contributed by atoms with Crippen molar-refractivity contribution in [2.75, 3.05) is 18.0 Å². The third-order valence-corrected chi connectivity index (χ3v) is 3.01. The third-order valence-electron chi connectivity index (χ3n) is 3.01. The Bertz CT molecular complexity index is 436. The summed E-state index contributed by atoms with van der Waals surface area (Å²) in [6, 6.07) is 4.40. The van der Waals surface area contributed by atoms with Crippen LogP contribution in [0.5, 0.6) is 0 Å². The first kappa shape index (κ1) is 11.9. The van der Waals surface area contributed by atoms with Gasteiger partial charge < -0.3 is 16.0 Å². The van der Waals surface area contributed by atoms with E-state index in [0.717, 1.165) is 5.56 Å². The fourth-order valence-electron chi connectivity index (χ4n) is 2.05. The van der Waals surface area contributed by atoms with Crippen LogP contribution in [-0.4, -0.2) is 25.0 Å². The molecule has 0 bridgehead atoms. The molecule has 1 amide bonds. The topological polar surface area (TPSA) is 58.4 Å². The minimum Gasteiger partial charge on any atom is -0.358 e. The van der Waals surface area contributed by atoms with Crippen molar-refractivity contribution in [3.8, 4) is 0 Å². The smallest absolute Gasteiger partial charge is 0.242 e. The molecule has 1 heterocycles. The molecule has 0 aliphatic carbocycles. The molecule has 92 valence electrons. The van der Waals surface area contributed by atoms with Crippen molar-refractivity contribution in [2.24, 2.45) is 5.73 Å².